The molecule has 2 amide bonds. The summed E-state index contributed by atoms with van der Waals surface area (Å²) in [6.45, 7) is 7.20. The maximum Gasteiger partial charge on any atom is 0.407 e. The minimum Gasteiger partial charge on any atom is -0.488 e. The van der Waals surface area contributed by atoms with E-state index < -0.39 is 41.0 Å². The van der Waals surface area contributed by atoms with Gasteiger partial charge in [-0.3, -0.25) is 9.36 Å². The Morgan fingerprint density at radius 2 is 1.93 bits per heavy atom. The third kappa shape index (κ3) is 6.61. The molecule has 0 saturated carbocycles. The number of rotatable bonds is 7. The van der Waals surface area contributed by atoms with Crippen molar-refractivity contribution in [3.8, 4) is 11.4 Å². The molecule has 0 saturated heterocycles. The van der Waals surface area contributed by atoms with Gasteiger partial charge in [0.2, 0.25) is 0 Å². The van der Waals surface area contributed by atoms with E-state index in [1.807, 2.05) is 0 Å². The molecule has 0 aliphatic carbocycles. The van der Waals surface area contributed by atoms with Crippen LogP contribution in [0.2, 0.25) is 5.02 Å². The third-order valence-corrected chi connectivity index (χ3v) is 6.27. The molecule has 1 aromatic heterocycles. The fourth-order valence-corrected chi connectivity index (χ4v) is 4.34. The summed E-state index contributed by atoms with van der Waals surface area (Å²) in [7, 11) is 0. The third-order valence-electron chi connectivity index (χ3n) is 5.96. The second kappa shape index (κ2) is 11.7. The van der Waals surface area contributed by atoms with Crippen LogP contribution in [0, 0.1) is 11.6 Å². The Kier molecular flexibility index (Phi) is 8.48. The van der Waals surface area contributed by atoms with E-state index in [0.717, 1.165) is 29.7 Å². The van der Waals surface area contributed by atoms with Crippen molar-refractivity contribution in [2.45, 2.75) is 65.2 Å². The highest BCUT2D eigenvalue weighted by Gasteiger charge is 2.25. The molecule has 0 fully saturated rings. The molecule has 0 spiro atoms. The van der Waals surface area contributed by atoms with Crippen molar-refractivity contribution in [3.63, 3.8) is 0 Å². The number of hydrogen-bond donors (Lipinski definition) is 2. The van der Waals surface area contributed by atoms with Crippen LogP contribution >= 0.6 is 11.6 Å². The van der Waals surface area contributed by atoms with Crippen LogP contribution in [-0.4, -0.2) is 44.6 Å². The van der Waals surface area contributed by atoms with Crippen molar-refractivity contribution in [3.05, 3.63) is 68.9 Å². The Morgan fingerprint density at radius 3 is 2.60 bits per heavy atom. The van der Waals surface area contributed by atoms with Crippen LogP contribution in [0.3, 0.4) is 0 Å². The van der Waals surface area contributed by atoms with E-state index in [2.05, 4.69) is 15.7 Å². The topological polar surface area (TPSA) is 116 Å². The van der Waals surface area contributed by atoms with Gasteiger partial charge in [0.1, 0.15) is 40.6 Å². The smallest absolute Gasteiger partial charge is 0.407 e. The molecule has 0 radical (unpaired) electrons. The van der Waals surface area contributed by atoms with Crippen molar-refractivity contribution in [2.75, 3.05) is 11.9 Å². The van der Waals surface area contributed by atoms with Crippen molar-refractivity contribution in [1.29, 1.82) is 0 Å². The summed E-state index contributed by atoms with van der Waals surface area (Å²) >= 11 is 6.04. The fraction of sp³-hybridized carbons (Fsp3) is 0.407. The number of halogens is 3. The lowest BCUT2D eigenvalue weighted by Gasteiger charge is -2.22. The average molecular weight is 578 g/mol. The number of benzene rings is 2. The standard InChI is InChI=1S/C27H30ClF2N5O5/c1-15(14-31-25(37)40-27(2,3)4)39-21-13-20(35-26(38)34-11-6-5-10-22(34)33-35)19(30)12-16(21)24(36)32-23-17(28)8-7-9-18(23)29/h7-9,12-13,15H,5-6,10-11,14H2,1-4H3,(H,31,37)(H,32,36)/t15-/m1/s1. The van der Waals surface area contributed by atoms with E-state index in [0.29, 0.717) is 18.8 Å². The molecule has 13 heteroatoms. The van der Waals surface area contributed by atoms with Gasteiger partial charge in [0.15, 0.2) is 0 Å². The molecule has 0 unspecified atom stereocenters. The summed E-state index contributed by atoms with van der Waals surface area (Å²) in [6, 6.07) is 5.93. The van der Waals surface area contributed by atoms with Crippen molar-refractivity contribution in [2.24, 2.45) is 0 Å². The Bertz CT molecular complexity index is 1480. The summed E-state index contributed by atoms with van der Waals surface area (Å²) in [5, 5.41) is 9.15. The van der Waals surface area contributed by atoms with E-state index in [1.165, 1.54) is 22.8 Å². The maximum atomic E-state index is 15.4. The van der Waals surface area contributed by atoms with Gasteiger partial charge in [-0.15, -0.1) is 5.10 Å². The molecule has 214 valence electrons. The number of anilines is 1. The van der Waals surface area contributed by atoms with Crippen LogP contribution in [0.15, 0.2) is 35.1 Å². The number of ether oxygens (including phenoxy) is 2. The van der Waals surface area contributed by atoms with Gasteiger partial charge in [-0.05, 0) is 58.7 Å². The normalized spacial score (nSPS) is 13.8. The van der Waals surface area contributed by atoms with Gasteiger partial charge in [0.05, 0.1) is 22.8 Å². The van der Waals surface area contributed by atoms with Crippen LogP contribution in [-0.2, 0) is 17.7 Å². The first-order valence-electron chi connectivity index (χ1n) is 12.8. The summed E-state index contributed by atoms with van der Waals surface area (Å²) < 4.78 is 43.4. The first kappa shape index (κ1) is 29.1. The molecule has 1 atom stereocenters. The number of aromatic nitrogens is 3. The lowest BCUT2D eigenvalue weighted by molar-refractivity contribution is 0.0504. The molecule has 40 heavy (non-hydrogen) atoms. The number of alkyl carbamates (subject to hydrolysis) is 1. The molecule has 2 heterocycles. The predicted octanol–water partition coefficient (Wildman–Crippen LogP) is 4.85. The quantitative estimate of drug-likeness (QED) is 0.415. The largest absolute Gasteiger partial charge is 0.488 e. The minimum atomic E-state index is -0.922. The Hall–Kier alpha value is -3.93. The van der Waals surface area contributed by atoms with Crippen LogP contribution in [0.1, 0.15) is 56.7 Å². The number of para-hydroxylation sites is 1. The van der Waals surface area contributed by atoms with Gasteiger partial charge in [0, 0.05) is 19.0 Å². The van der Waals surface area contributed by atoms with Crippen LogP contribution in [0.4, 0.5) is 19.3 Å². The molecule has 1 aliphatic rings. The molecule has 10 nitrogen and oxygen atoms in total. The van der Waals surface area contributed by atoms with Crippen LogP contribution < -0.4 is 21.1 Å². The second-order valence-electron chi connectivity index (χ2n) is 10.4. The maximum absolute atomic E-state index is 15.4. The zero-order valence-corrected chi connectivity index (χ0v) is 23.3. The number of fused-ring (bicyclic) bond motifs is 1. The number of hydrogen-bond acceptors (Lipinski definition) is 6. The van der Waals surface area contributed by atoms with Gasteiger partial charge >= 0.3 is 11.8 Å². The minimum absolute atomic E-state index is 0.0272. The highest BCUT2D eigenvalue weighted by molar-refractivity contribution is 6.34. The second-order valence-corrected chi connectivity index (χ2v) is 10.8. The van der Waals surface area contributed by atoms with Crippen molar-refractivity contribution < 1.29 is 27.8 Å². The summed E-state index contributed by atoms with van der Waals surface area (Å²) in [5.74, 6) is -2.21. The molecular weight excluding hydrogens is 548 g/mol. The van der Waals surface area contributed by atoms with Crippen molar-refractivity contribution in [1.82, 2.24) is 19.7 Å². The number of carbonyl (C=O) groups excluding carboxylic acids is 2. The Labute approximate surface area is 234 Å². The number of amides is 2. The van der Waals surface area contributed by atoms with Crippen LogP contribution in [0.5, 0.6) is 5.75 Å². The van der Waals surface area contributed by atoms with Crippen molar-refractivity contribution >= 4 is 29.3 Å². The van der Waals surface area contributed by atoms with Gasteiger partial charge in [0.25, 0.3) is 5.91 Å². The van der Waals surface area contributed by atoms with E-state index in [-0.39, 0.29) is 34.3 Å². The highest BCUT2D eigenvalue weighted by atomic mass is 35.5. The molecular formula is C27H30ClF2N5O5. The Morgan fingerprint density at radius 1 is 1.18 bits per heavy atom. The average Bonchev–Trinajstić information content (AvgIpc) is 3.21. The van der Waals surface area contributed by atoms with E-state index in [1.54, 1.807) is 27.7 Å². The lowest BCUT2D eigenvalue weighted by Crippen LogP contribution is -2.38. The number of aryl methyl sites for hydroxylation is 1. The summed E-state index contributed by atoms with van der Waals surface area (Å²) in [5.41, 5.74) is -2.04. The number of nitrogens with one attached hydrogen (secondary N) is 2. The molecule has 2 aromatic carbocycles. The molecule has 1 aliphatic heterocycles. The SMILES string of the molecule is C[C@H](CNC(=O)OC(C)(C)C)Oc1cc(-n2nc3n(c2=O)CCCC3)c(F)cc1C(=O)Nc1c(F)cccc1Cl. The lowest BCUT2D eigenvalue weighted by atomic mass is 10.1. The summed E-state index contributed by atoms with van der Waals surface area (Å²) in [6.07, 6.45) is 0.818. The first-order chi connectivity index (χ1) is 18.8. The zero-order chi connectivity index (χ0) is 29.2. The summed E-state index contributed by atoms with van der Waals surface area (Å²) in [4.78, 5) is 38.3. The van der Waals surface area contributed by atoms with Gasteiger partial charge in [-0.2, -0.15) is 4.68 Å². The zero-order valence-electron chi connectivity index (χ0n) is 22.5. The van der Waals surface area contributed by atoms with E-state index in [4.69, 9.17) is 21.1 Å². The Balaban J connectivity index is 1.68. The van der Waals surface area contributed by atoms with Gasteiger partial charge in [-0.1, -0.05) is 17.7 Å². The van der Waals surface area contributed by atoms with Gasteiger partial charge < -0.3 is 20.1 Å². The molecule has 0 bridgehead atoms. The van der Waals surface area contributed by atoms with E-state index >= 15 is 4.39 Å². The van der Waals surface area contributed by atoms with Gasteiger partial charge in [-0.25, -0.2) is 18.4 Å². The first-order valence-corrected chi connectivity index (χ1v) is 13.1. The highest BCUT2D eigenvalue weighted by Crippen LogP contribution is 2.30. The predicted molar refractivity (Wildman–Crippen MR) is 144 cm³/mol. The van der Waals surface area contributed by atoms with E-state index in [9.17, 15) is 18.8 Å². The molecule has 2 N–H and O–H groups in total. The monoisotopic (exact) mass is 577 g/mol. The number of nitrogens with zero attached hydrogens (tertiary/aromatic N) is 3. The molecule has 3 aromatic rings. The number of carbonyl (C=O) groups is 2. The van der Waals surface area contributed by atoms with Crippen LogP contribution in [0.25, 0.3) is 5.69 Å². The molecule has 4 rings (SSSR count). The fourth-order valence-electron chi connectivity index (χ4n) is 4.13.